The molecule has 0 aliphatic heterocycles. The maximum atomic E-state index is 11.1. The van der Waals surface area contributed by atoms with Gasteiger partial charge in [0.05, 0.1) is 11.7 Å². The smallest absolute Gasteiger partial charge is 0.337 e. The Morgan fingerprint density at radius 3 is 2.82 bits per heavy atom. The molecule has 0 atom stereocenters. The minimum Gasteiger partial charge on any atom is -0.478 e. The maximum Gasteiger partial charge on any atom is 0.337 e. The van der Waals surface area contributed by atoms with Crippen molar-refractivity contribution in [1.29, 1.82) is 0 Å². The molecule has 0 aromatic heterocycles. The van der Waals surface area contributed by atoms with Crippen molar-refractivity contribution in [3.8, 4) is 0 Å². The Morgan fingerprint density at radius 1 is 1.53 bits per heavy atom. The standard InChI is InChI=1S/C12H16N2O3/c1-17-9-5-8(6-9)14-11-3-2-7(13)4-10(11)12(15)16/h2-4,8-9,14H,5-6,13H2,1H3,(H,15,16). The number of nitrogens with two attached hydrogens (primary N) is 1. The fourth-order valence-electron chi connectivity index (χ4n) is 1.96. The predicted octanol–water partition coefficient (Wildman–Crippen LogP) is 1.56. The quantitative estimate of drug-likeness (QED) is 0.691. The maximum absolute atomic E-state index is 11.1. The number of carboxylic acids is 1. The summed E-state index contributed by atoms with van der Waals surface area (Å²) >= 11 is 0. The molecule has 0 radical (unpaired) electrons. The molecule has 1 aromatic carbocycles. The minimum absolute atomic E-state index is 0.214. The Balaban J connectivity index is 2.08. The van der Waals surface area contributed by atoms with Gasteiger partial charge in [0.1, 0.15) is 0 Å². The molecule has 1 aliphatic rings. The average Bonchev–Trinajstić information content (AvgIpc) is 2.24. The molecule has 5 heteroatoms. The summed E-state index contributed by atoms with van der Waals surface area (Å²) in [5.74, 6) is -0.970. The van der Waals surface area contributed by atoms with Gasteiger partial charge < -0.3 is 20.9 Å². The van der Waals surface area contributed by atoms with Gasteiger partial charge in [0, 0.05) is 24.5 Å². The van der Waals surface area contributed by atoms with Crippen LogP contribution in [-0.4, -0.2) is 30.3 Å². The molecule has 4 N–H and O–H groups in total. The lowest BCUT2D eigenvalue weighted by Crippen LogP contribution is -2.40. The Labute approximate surface area is 99.6 Å². The Kier molecular flexibility index (Phi) is 3.19. The molecule has 92 valence electrons. The topological polar surface area (TPSA) is 84.6 Å². The second-order valence-corrected chi connectivity index (χ2v) is 4.28. The molecule has 0 unspecified atom stereocenters. The zero-order chi connectivity index (χ0) is 12.4. The number of aromatic carboxylic acids is 1. The summed E-state index contributed by atoms with van der Waals surface area (Å²) in [6.07, 6.45) is 2.09. The second kappa shape index (κ2) is 4.63. The first kappa shape index (κ1) is 11.7. The number of hydrogen-bond donors (Lipinski definition) is 3. The van der Waals surface area contributed by atoms with E-state index in [4.69, 9.17) is 15.6 Å². The Bertz CT molecular complexity index is 428. The molecule has 1 fully saturated rings. The summed E-state index contributed by atoms with van der Waals surface area (Å²) < 4.78 is 5.17. The highest BCUT2D eigenvalue weighted by atomic mass is 16.5. The third-order valence-corrected chi connectivity index (χ3v) is 3.06. The molecule has 0 saturated heterocycles. The van der Waals surface area contributed by atoms with E-state index >= 15 is 0 Å². The molecular weight excluding hydrogens is 220 g/mol. The minimum atomic E-state index is -0.970. The van der Waals surface area contributed by atoms with Crippen molar-refractivity contribution in [2.75, 3.05) is 18.2 Å². The number of benzene rings is 1. The highest BCUT2D eigenvalue weighted by Gasteiger charge is 2.29. The highest BCUT2D eigenvalue weighted by Crippen LogP contribution is 2.28. The number of anilines is 2. The van der Waals surface area contributed by atoms with Gasteiger partial charge >= 0.3 is 5.97 Å². The molecule has 1 aliphatic carbocycles. The van der Waals surface area contributed by atoms with Crippen molar-refractivity contribution in [2.45, 2.75) is 25.0 Å². The van der Waals surface area contributed by atoms with Gasteiger partial charge in [0.25, 0.3) is 0 Å². The zero-order valence-electron chi connectivity index (χ0n) is 9.64. The van der Waals surface area contributed by atoms with Crippen molar-refractivity contribution < 1.29 is 14.6 Å². The van der Waals surface area contributed by atoms with Crippen molar-refractivity contribution in [2.24, 2.45) is 0 Å². The van der Waals surface area contributed by atoms with Gasteiger partial charge in [-0.05, 0) is 31.0 Å². The number of hydrogen-bond acceptors (Lipinski definition) is 4. The van der Waals surface area contributed by atoms with Gasteiger partial charge in [0.15, 0.2) is 0 Å². The summed E-state index contributed by atoms with van der Waals surface area (Å²) in [4.78, 5) is 11.1. The van der Waals surface area contributed by atoms with Crippen molar-refractivity contribution >= 4 is 17.3 Å². The normalized spacial score (nSPS) is 22.9. The van der Waals surface area contributed by atoms with Crippen LogP contribution in [0.5, 0.6) is 0 Å². The van der Waals surface area contributed by atoms with Crippen molar-refractivity contribution in [3.05, 3.63) is 23.8 Å². The fraction of sp³-hybridized carbons (Fsp3) is 0.417. The summed E-state index contributed by atoms with van der Waals surface area (Å²) in [5.41, 5.74) is 6.86. The summed E-state index contributed by atoms with van der Waals surface area (Å²) in [6.45, 7) is 0. The van der Waals surface area contributed by atoms with E-state index in [1.54, 1.807) is 19.2 Å². The van der Waals surface area contributed by atoms with E-state index in [-0.39, 0.29) is 17.7 Å². The molecule has 2 rings (SSSR count). The number of rotatable bonds is 4. The first-order chi connectivity index (χ1) is 8.10. The lowest BCUT2D eigenvalue weighted by molar-refractivity contribution is 0.0328. The lowest BCUT2D eigenvalue weighted by Gasteiger charge is -2.35. The summed E-state index contributed by atoms with van der Waals surface area (Å²) in [6, 6.07) is 5.15. The molecule has 0 amide bonds. The van der Waals surface area contributed by atoms with Crippen LogP contribution in [0.2, 0.25) is 0 Å². The summed E-state index contributed by atoms with van der Waals surface area (Å²) in [7, 11) is 1.69. The number of nitrogens with one attached hydrogen (secondary N) is 1. The average molecular weight is 236 g/mol. The van der Waals surface area contributed by atoms with Crippen LogP contribution in [0.1, 0.15) is 23.2 Å². The Hall–Kier alpha value is -1.75. The molecule has 1 saturated carbocycles. The van der Waals surface area contributed by atoms with Crippen LogP contribution in [-0.2, 0) is 4.74 Å². The zero-order valence-corrected chi connectivity index (χ0v) is 9.64. The van der Waals surface area contributed by atoms with Gasteiger partial charge in [-0.15, -0.1) is 0 Å². The van der Waals surface area contributed by atoms with Gasteiger partial charge in [-0.25, -0.2) is 4.79 Å². The number of ether oxygens (including phenoxy) is 1. The monoisotopic (exact) mass is 236 g/mol. The largest absolute Gasteiger partial charge is 0.478 e. The predicted molar refractivity (Wildman–Crippen MR) is 65.3 cm³/mol. The van der Waals surface area contributed by atoms with E-state index in [0.717, 1.165) is 12.8 Å². The van der Waals surface area contributed by atoms with Crippen LogP contribution in [0.3, 0.4) is 0 Å². The first-order valence-corrected chi connectivity index (χ1v) is 5.52. The van der Waals surface area contributed by atoms with Crippen LogP contribution in [0.4, 0.5) is 11.4 Å². The third-order valence-electron chi connectivity index (χ3n) is 3.06. The Morgan fingerprint density at radius 2 is 2.24 bits per heavy atom. The number of nitrogen functional groups attached to an aromatic ring is 1. The van der Waals surface area contributed by atoms with Gasteiger partial charge in [0.2, 0.25) is 0 Å². The number of carboxylic acid groups (broad SMARTS) is 1. The van der Waals surface area contributed by atoms with E-state index in [2.05, 4.69) is 5.32 Å². The fourth-order valence-corrected chi connectivity index (χ4v) is 1.96. The van der Waals surface area contributed by atoms with E-state index in [1.165, 1.54) is 6.07 Å². The molecule has 0 spiro atoms. The van der Waals surface area contributed by atoms with Crippen LogP contribution < -0.4 is 11.1 Å². The third kappa shape index (κ3) is 2.50. The molecule has 0 heterocycles. The van der Waals surface area contributed by atoms with Gasteiger partial charge in [-0.1, -0.05) is 0 Å². The van der Waals surface area contributed by atoms with Crippen molar-refractivity contribution in [1.82, 2.24) is 0 Å². The molecule has 17 heavy (non-hydrogen) atoms. The summed E-state index contributed by atoms with van der Waals surface area (Å²) in [5, 5.41) is 12.3. The molecule has 0 bridgehead atoms. The molecule has 1 aromatic rings. The number of carbonyl (C=O) groups is 1. The van der Waals surface area contributed by atoms with E-state index in [1.807, 2.05) is 0 Å². The highest BCUT2D eigenvalue weighted by molar-refractivity contribution is 5.95. The first-order valence-electron chi connectivity index (χ1n) is 5.52. The SMILES string of the molecule is COC1CC(Nc2ccc(N)cc2C(=O)O)C1. The van der Waals surface area contributed by atoms with Crippen molar-refractivity contribution in [3.63, 3.8) is 0 Å². The van der Waals surface area contributed by atoms with Crippen LogP contribution in [0.25, 0.3) is 0 Å². The van der Waals surface area contributed by atoms with Crippen LogP contribution in [0, 0.1) is 0 Å². The van der Waals surface area contributed by atoms with Gasteiger partial charge in [-0.3, -0.25) is 0 Å². The van der Waals surface area contributed by atoms with E-state index in [0.29, 0.717) is 11.4 Å². The number of methoxy groups -OCH3 is 1. The van der Waals surface area contributed by atoms with Crippen LogP contribution >= 0.6 is 0 Å². The second-order valence-electron chi connectivity index (χ2n) is 4.28. The van der Waals surface area contributed by atoms with E-state index < -0.39 is 5.97 Å². The molecule has 5 nitrogen and oxygen atoms in total. The molecular formula is C12H16N2O3. The van der Waals surface area contributed by atoms with E-state index in [9.17, 15) is 4.79 Å². The van der Waals surface area contributed by atoms with Crippen LogP contribution in [0.15, 0.2) is 18.2 Å². The van der Waals surface area contributed by atoms with Gasteiger partial charge in [-0.2, -0.15) is 0 Å². The lowest BCUT2D eigenvalue weighted by atomic mass is 9.89.